The molecule has 0 atom stereocenters. The van der Waals surface area contributed by atoms with Crippen LogP contribution in [-0.4, -0.2) is 14.9 Å². The van der Waals surface area contributed by atoms with Gasteiger partial charge in [-0.2, -0.15) is 0 Å². The minimum absolute atomic E-state index is 0.0885. The highest BCUT2D eigenvalue weighted by Crippen LogP contribution is 2.24. The number of ether oxygens (including phenoxy) is 1. The summed E-state index contributed by atoms with van der Waals surface area (Å²) in [5.41, 5.74) is 0.636. The molecule has 0 saturated heterocycles. The van der Waals surface area contributed by atoms with Gasteiger partial charge in [-0.1, -0.05) is 20.4 Å². The van der Waals surface area contributed by atoms with Gasteiger partial charge in [0.25, 0.3) is 5.70 Å². The third-order valence-electron chi connectivity index (χ3n) is 2.60. The molecule has 0 spiro atoms. The van der Waals surface area contributed by atoms with Crippen molar-refractivity contribution in [3.05, 3.63) is 70.9 Å². The van der Waals surface area contributed by atoms with Crippen LogP contribution in [-0.2, 0) is 0 Å². The lowest BCUT2D eigenvalue weighted by Gasteiger charge is -2.05. The van der Waals surface area contributed by atoms with Crippen LogP contribution in [0, 0.1) is 10.1 Å². The highest BCUT2D eigenvalue weighted by Gasteiger charge is 2.05. The normalized spacial score (nSPS) is 11.6. The predicted molar refractivity (Wildman–Crippen MR) is 87.1 cm³/mol. The summed E-state index contributed by atoms with van der Waals surface area (Å²) in [5.74, 6) is 1.17. The SMILES string of the molecule is C=C/C(=C\C=C(/C)Oc1ccnc2[nH]ccc12)[N+](=O)[O-].CC. The van der Waals surface area contributed by atoms with Crippen LogP contribution in [0.3, 0.4) is 0 Å². The van der Waals surface area contributed by atoms with Crippen LogP contribution >= 0.6 is 0 Å². The minimum atomic E-state index is -0.506. The van der Waals surface area contributed by atoms with Crippen LogP contribution < -0.4 is 4.74 Å². The number of aromatic amines is 1. The van der Waals surface area contributed by atoms with Gasteiger partial charge in [0.15, 0.2) is 0 Å². The largest absolute Gasteiger partial charge is 0.461 e. The second-order valence-corrected chi connectivity index (χ2v) is 3.98. The minimum Gasteiger partial charge on any atom is -0.461 e. The second-order valence-electron chi connectivity index (χ2n) is 3.98. The molecule has 2 aromatic rings. The lowest BCUT2D eigenvalue weighted by Crippen LogP contribution is -1.95. The molecule has 22 heavy (non-hydrogen) atoms. The molecule has 6 heteroatoms. The fourth-order valence-electron chi connectivity index (χ4n) is 1.64. The Morgan fingerprint density at radius 2 is 2.14 bits per heavy atom. The molecule has 0 amide bonds. The maximum atomic E-state index is 10.6. The number of hydrogen-bond donors (Lipinski definition) is 1. The van der Waals surface area contributed by atoms with Crippen LogP contribution in [0.1, 0.15) is 20.8 Å². The lowest BCUT2D eigenvalue weighted by atomic mass is 10.3. The van der Waals surface area contributed by atoms with Crippen LogP contribution in [0.15, 0.2) is 60.8 Å². The van der Waals surface area contributed by atoms with E-state index in [-0.39, 0.29) is 5.70 Å². The van der Waals surface area contributed by atoms with E-state index in [4.69, 9.17) is 4.74 Å². The fourth-order valence-corrected chi connectivity index (χ4v) is 1.64. The smallest absolute Gasteiger partial charge is 0.268 e. The Morgan fingerprint density at radius 3 is 2.77 bits per heavy atom. The van der Waals surface area contributed by atoms with E-state index in [0.717, 1.165) is 11.0 Å². The first-order valence-electron chi connectivity index (χ1n) is 6.87. The topological polar surface area (TPSA) is 81.0 Å². The van der Waals surface area contributed by atoms with Gasteiger partial charge >= 0.3 is 0 Å². The Bertz CT molecular complexity index is 714. The summed E-state index contributed by atoms with van der Waals surface area (Å²) in [7, 11) is 0. The number of fused-ring (bicyclic) bond motifs is 1. The van der Waals surface area contributed by atoms with Crippen molar-refractivity contribution in [2.75, 3.05) is 0 Å². The number of aromatic nitrogens is 2. The molecule has 2 rings (SSSR count). The Balaban J connectivity index is 0.00000116. The van der Waals surface area contributed by atoms with Crippen molar-refractivity contribution in [2.24, 2.45) is 0 Å². The lowest BCUT2D eigenvalue weighted by molar-refractivity contribution is -0.418. The molecule has 6 nitrogen and oxygen atoms in total. The number of hydrogen-bond acceptors (Lipinski definition) is 4. The van der Waals surface area contributed by atoms with Gasteiger partial charge in [0.1, 0.15) is 17.2 Å². The summed E-state index contributed by atoms with van der Waals surface area (Å²) in [6.07, 6.45) is 7.45. The van der Waals surface area contributed by atoms with Gasteiger partial charge in [0, 0.05) is 24.5 Å². The van der Waals surface area contributed by atoms with Gasteiger partial charge in [0.2, 0.25) is 0 Å². The molecule has 0 fully saturated rings. The number of allylic oxidation sites excluding steroid dienone is 4. The molecule has 0 aliphatic heterocycles. The van der Waals surface area contributed by atoms with Crippen LogP contribution in [0.2, 0.25) is 0 Å². The summed E-state index contributed by atoms with van der Waals surface area (Å²) in [6, 6.07) is 3.59. The number of H-pyrrole nitrogens is 1. The molecule has 0 aliphatic rings. The Kier molecular flexibility index (Phi) is 6.56. The van der Waals surface area contributed by atoms with Gasteiger partial charge in [-0.05, 0) is 25.1 Å². The van der Waals surface area contributed by atoms with Gasteiger partial charge in [-0.3, -0.25) is 10.1 Å². The summed E-state index contributed by atoms with van der Waals surface area (Å²) in [6.45, 7) is 9.10. The number of nitrogens with one attached hydrogen (secondary N) is 1. The van der Waals surface area contributed by atoms with E-state index in [0.29, 0.717) is 11.5 Å². The molecule has 0 bridgehead atoms. The van der Waals surface area contributed by atoms with Gasteiger partial charge in [-0.25, -0.2) is 4.98 Å². The van der Waals surface area contributed by atoms with E-state index >= 15 is 0 Å². The number of pyridine rings is 1. The van der Waals surface area contributed by atoms with E-state index in [1.807, 2.05) is 19.9 Å². The zero-order valence-electron chi connectivity index (χ0n) is 12.9. The second kappa shape index (κ2) is 8.41. The molecule has 1 N–H and O–H groups in total. The maximum absolute atomic E-state index is 10.6. The van der Waals surface area contributed by atoms with Crippen molar-refractivity contribution >= 4 is 11.0 Å². The molecule has 0 saturated carbocycles. The standard InChI is InChI=1S/C14H13N3O3.C2H6/c1-3-11(17(18)19)5-4-10(2)20-13-7-9-16-14-12(13)6-8-15-14;1-2/h3-9H,1H2,2H3,(H,15,16);1-2H3/b10-4+,11-5+;. The molecule has 0 unspecified atom stereocenters. The average molecular weight is 301 g/mol. The van der Waals surface area contributed by atoms with Gasteiger partial charge in [-0.15, -0.1) is 0 Å². The average Bonchev–Trinajstić information content (AvgIpc) is 2.99. The number of rotatable bonds is 5. The first-order valence-corrected chi connectivity index (χ1v) is 6.87. The van der Waals surface area contributed by atoms with Gasteiger partial charge < -0.3 is 9.72 Å². The van der Waals surface area contributed by atoms with E-state index in [2.05, 4.69) is 16.5 Å². The molecule has 116 valence electrons. The van der Waals surface area contributed by atoms with Crippen molar-refractivity contribution in [1.82, 2.24) is 9.97 Å². The van der Waals surface area contributed by atoms with E-state index in [1.54, 1.807) is 25.4 Å². The fraction of sp³-hybridized carbons (Fsp3) is 0.188. The van der Waals surface area contributed by atoms with Gasteiger partial charge in [0.05, 0.1) is 10.3 Å². The number of nitrogens with zero attached hydrogens (tertiary/aromatic N) is 2. The van der Waals surface area contributed by atoms with Crippen LogP contribution in [0.25, 0.3) is 11.0 Å². The first-order chi connectivity index (χ1) is 10.6. The molecular weight excluding hydrogens is 282 g/mol. The highest BCUT2D eigenvalue weighted by molar-refractivity contribution is 5.82. The molecule has 2 aromatic heterocycles. The monoisotopic (exact) mass is 301 g/mol. The van der Waals surface area contributed by atoms with Crippen LogP contribution in [0.4, 0.5) is 0 Å². The summed E-state index contributed by atoms with van der Waals surface area (Å²) in [4.78, 5) is 17.3. The Labute approximate surface area is 129 Å². The quantitative estimate of drug-likeness (QED) is 0.388. The molecule has 0 radical (unpaired) electrons. The Morgan fingerprint density at radius 1 is 1.41 bits per heavy atom. The zero-order chi connectivity index (χ0) is 16.5. The van der Waals surface area contributed by atoms with E-state index in [9.17, 15) is 10.1 Å². The molecule has 0 aromatic carbocycles. The third kappa shape index (κ3) is 4.31. The molecule has 2 heterocycles. The number of nitro groups is 1. The summed E-state index contributed by atoms with van der Waals surface area (Å²) in [5, 5.41) is 11.5. The zero-order valence-corrected chi connectivity index (χ0v) is 12.9. The van der Waals surface area contributed by atoms with Crippen molar-refractivity contribution in [3.8, 4) is 5.75 Å². The predicted octanol–water partition coefficient (Wildman–Crippen LogP) is 4.22. The van der Waals surface area contributed by atoms with Crippen molar-refractivity contribution in [2.45, 2.75) is 20.8 Å². The van der Waals surface area contributed by atoms with E-state index in [1.165, 1.54) is 18.2 Å². The van der Waals surface area contributed by atoms with Crippen molar-refractivity contribution in [1.29, 1.82) is 0 Å². The third-order valence-corrected chi connectivity index (χ3v) is 2.60. The summed E-state index contributed by atoms with van der Waals surface area (Å²) < 4.78 is 5.66. The Hall–Kier alpha value is -2.89. The van der Waals surface area contributed by atoms with E-state index < -0.39 is 4.92 Å². The highest BCUT2D eigenvalue weighted by atomic mass is 16.6. The molecule has 0 aliphatic carbocycles. The van der Waals surface area contributed by atoms with Crippen molar-refractivity contribution in [3.63, 3.8) is 0 Å². The maximum Gasteiger partial charge on any atom is 0.268 e. The van der Waals surface area contributed by atoms with Crippen LogP contribution in [0.5, 0.6) is 5.75 Å². The summed E-state index contributed by atoms with van der Waals surface area (Å²) >= 11 is 0. The first kappa shape index (κ1) is 17.2. The molecular formula is C16H19N3O3. The van der Waals surface area contributed by atoms with Crippen molar-refractivity contribution < 1.29 is 9.66 Å².